The maximum absolute atomic E-state index is 10.9. The van der Waals surface area contributed by atoms with E-state index in [0.29, 0.717) is 6.04 Å². The molecule has 19 heavy (non-hydrogen) atoms. The van der Waals surface area contributed by atoms with Crippen molar-refractivity contribution in [3.8, 4) is 5.75 Å². The number of likely N-dealkylation sites (tertiary alicyclic amines) is 1. The predicted molar refractivity (Wildman–Crippen MR) is 73.0 cm³/mol. The van der Waals surface area contributed by atoms with Crippen LogP contribution in [0.15, 0.2) is 24.3 Å². The van der Waals surface area contributed by atoms with Crippen molar-refractivity contribution in [2.45, 2.75) is 26.3 Å². The van der Waals surface area contributed by atoms with Gasteiger partial charge in [0, 0.05) is 19.1 Å². The molecule has 0 radical (unpaired) electrons. The zero-order valence-electron chi connectivity index (χ0n) is 11.4. The molecule has 0 bridgehead atoms. The van der Waals surface area contributed by atoms with Gasteiger partial charge in [-0.15, -0.1) is 0 Å². The predicted octanol–water partition coefficient (Wildman–Crippen LogP) is 2.50. The van der Waals surface area contributed by atoms with E-state index in [-0.39, 0.29) is 17.6 Å². The van der Waals surface area contributed by atoms with Crippen molar-refractivity contribution in [1.82, 2.24) is 4.90 Å². The van der Waals surface area contributed by atoms with Crippen LogP contribution in [0.3, 0.4) is 0 Å². The quantitative estimate of drug-likeness (QED) is 0.857. The van der Waals surface area contributed by atoms with E-state index in [0.717, 1.165) is 19.5 Å². The molecule has 1 heterocycles. The highest BCUT2D eigenvalue weighted by Gasteiger charge is 2.37. The zero-order valence-corrected chi connectivity index (χ0v) is 11.4. The summed E-state index contributed by atoms with van der Waals surface area (Å²) in [4.78, 5) is 13.3. The van der Waals surface area contributed by atoms with Gasteiger partial charge in [0.05, 0.1) is 5.92 Å². The third kappa shape index (κ3) is 2.89. The Morgan fingerprint density at radius 1 is 1.37 bits per heavy atom. The van der Waals surface area contributed by atoms with E-state index in [2.05, 4.69) is 11.8 Å². The van der Waals surface area contributed by atoms with Crippen LogP contribution in [-0.2, 0) is 4.79 Å². The van der Waals surface area contributed by atoms with Crippen LogP contribution < -0.4 is 0 Å². The molecule has 0 aliphatic carbocycles. The lowest BCUT2D eigenvalue weighted by Gasteiger charge is -2.46. The summed E-state index contributed by atoms with van der Waals surface area (Å²) >= 11 is 0. The van der Waals surface area contributed by atoms with Crippen molar-refractivity contribution in [2.24, 2.45) is 11.8 Å². The number of benzene rings is 1. The SMILES string of the molecule is CCC(c1ccc(O)cc1)N1CC(C(C)C(=O)O)C1. The smallest absolute Gasteiger partial charge is 0.306 e. The van der Waals surface area contributed by atoms with Crippen LogP contribution in [0, 0.1) is 11.8 Å². The molecule has 1 saturated heterocycles. The number of phenolic OH excluding ortho intramolecular Hbond substituents is 1. The molecule has 1 aromatic rings. The summed E-state index contributed by atoms with van der Waals surface area (Å²) in [6, 6.07) is 7.61. The maximum Gasteiger partial charge on any atom is 0.306 e. The van der Waals surface area contributed by atoms with Crippen LogP contribution in [0.1, 0.15) is 31.9 Å². The molecule has 0 spiro atoms. The monoisotopic (exact) mass is 263 g/mol. The minimum absolute atomic E-state index is 0.253. The average Bonchev–Trinajstić information content (AvgIpc) is 2.33. The summed E-state index contributed by atoms with van der Waals surface area (Å²) in [5, 5.41) is 18.3. The van der Waals surface area contributed by atoms with Crippen LogP contribution in [0.2, 0.25) is 0 Å². The minimum Gasteiger partial charge on any atom is -0.508 e. The Morgan fingerprint density at radius 3 is 2.42 bits per heavy atom. The highest BCUT2D eigenvalue weighted by Crippen LogP contribution is 2.34. The van der Waals surface area contributed by atoms with Crippen molar-refractivity contribution < 1.29 is 15.0 Å². The van der Waals surface area contributed by atoms with E-state index >= 15 is 0 Å². The summed E-state index contributed by atoms with van der Waals surface area (Å²) in [6.07, 6.45) is 0.985. The van der Waals surface area contributed by atoms with Crippen LogP contribution >= 0.6 is 0 Å². The van der Waals surface area contributed by atoms with Crippen LogP contribution in [0.25, 0.3) is 0 Å². The van der Waals surface area contributed by atoms with Crippen molar-refractivity contribution in [3.63, 3.8) is 0 Å². The fourth-order valence-electron chi connectivity index (χ4n) is 2.72. The molecule has 1 aliphatic rings. The number of carbonyl (C=O) groups is 1. The number of carboxylic acids is 1. The minimum atomic E-state index is -0.706. The molecule has 104 valence electrons. The number of rotatable bonds is 5. The summed E-state index contributed by atoms with van der Waals surface area (Å²) in [7, 11) is 0. The Labute approximate surface area is 113 Å². The van der Waals surface area contributed by atoms with Gasteiger partial charge in [0.2, 0.25) is 0 Å². The average molecular weight is 263 g/mol. The lowest BCUT2D eigenvalue weighted by molar-refractivity contribution is -0.146. The molecule has 1 aliphatic heterocycles. The van der Waals surface area contributed by atoms with Gasteiger partial charge in [-0.1, -0.05) is 26.0 Å². The largest absolute Gasteiger partial charge is 0.508 e. The summed E-state index contributed by atoms with van der Waals surface area (Å²) in [5.74, 6) is -0.445. The van der Waals surface area contributed by atoms with E-state index in [1.807, 2.05) is 12.1 Å². The van der Waals surface area contributed by atoms with Crippen molar-refractivity contribution >= 4 is 5.97 Å². The second-order valence-electron chi connectivity index (χ2n) is 5.36. The third-order valence-corrected chi connectivity index (χ3v) is 4.14. The highest BCUT2D eigenvalue weighted by atomic mass is 16.4. The van der Waals surface area contributed by atoms with Gasteiger partial charge in [0.25, 0.3) is 0 Å². The first-order valence-electron chi connectivity index (χ1n) is 6.78. The number of nitrogens with zero attached hydrogens (tertiary/aromatic N) is 1. The highest BCUT2D eigenvalue weighted by molar-refractivity contribution is 5.70. The molecule has 0 saturated carbocycles. The molecule has 0 aromatic heterocycles. The van der Waals surface area contributed by atoms with Gasteiger partial charge in [-0.2, -0.15) is 0 Å². The van der Waals surface area contributed by atoms with Crippen LogP contribution in [0.5, 0.6) is 5.75 Å². The van der Waals surface area contributed by atoms with Crippen molar-refractivity contribution in [3.05, 3.63) is 29.8 Å². The molecule has 2 N–H and O–H groups in total. The molecular formula is C15H21NO3. The topological polar surface area (TPSA) is 60.8 Å². The normalized spacial score (nSPS) is 19.7. The first-order valence-corrected chi connectivity index (χ1v) is 6.78. The Bertz CT molecular complexity index is 437. The number of hydrogen-bond donors (Lipinski definition) is 2. The van der Waals surface area contributed by atoms with E-state index in [4.69, 9.17) is 5.11 Å². The molecule has 2 atom stereocenters. The summed E-state index contributed by atoms with van der Waals surface area (Å²) in [6.45, 7) is 5.59. The Hall–Kier alpha value is -1.55. The first kappa shape index (κ1) is 13.9. The van der Waals surface area contributed by atoms with Gasteiger partial charge in [0.15, 0.2) is 0 Å². The summed E-state index contributed by atoms with van der Waals surface area (Å²) in [5.41, 5.74) is 1.18. The fourth-order valence-corrected chi connectivity index (χ4v) is 2.72. The number of aliphatic carboxylic acids is 1. The van der Waals surface area contributed by atoms with Crippen LogP contribution in [-0.4, -0.2) is 34.2 Å². The lowest BCUT2D eigenvalue weighted by Crippen LogP contribution is -2.52. The number of aromatic hydroxyl groups is 1. The second-order valence-corrected chi connectivity index (χ2v) is 5.36. The van der Waals surface area contributed by atoms with E-state index in [9.17, 15) is 9.90 Å². The molecule has 1 aromatic carbocycles. The van der Waals surface area contributed by atoms with Crippen molar-refractivity contribution in [1.29, 1.82) is 0 Å². The molecule has 2 rings (SSSR count). The van der Waals surface area contributed by atoms with Gasteiger partial charge in [-0.05, 0) is 30.0 Å². The van der Waals surface area contributed by atoms with Crippen molar-refractivity contribution in [2.75, 3.05) is 13.1 Å². The Kier molecular flexibility index (Phi) is 4.10. The lowest BCUT2D eigenvalue weighted by atomic mass is 9.84. The van der Waals surface area contributed by atoms with Gasteiger partial charge in [-0.3, -0.25) is 9.69 Å². The summed E-state index contributed by atoms with van der Waals surface area (Å²) < 4.78 is 0. The Balaban J connectivity index is 1.98. The van der Waals surface area contributed by atoms with E-state index in [1.54, 1.807) is 19.1 Å². The molecular weight excluding hydrogens is 242 g/mol. The van der Waals surface area contributed by atoms with Gasteiger partial charge in [0.1, 0.15) is 5.75 Å². The van der Waals surface area contributed by atoms with E-state index in [1.165, 1.54) is 5.56 Å². The molecule has 4 nitrogen and oxygen atoms in total. The molecule has 2 unspecified atom stereocenters. The van der Waals surface area contributed by atoms with E-state index < -0.39 is 5.97 Å². The molecule has 4 heteroatoms. The third-order valence-electron chi connectivity index (χ3n) is 4.14. The number of phenols is 1. The number of hydrogen-bond acceptors (Lipinski definition) is 3. The van der Waals surface area contributed by atoms with Gasteiger partial charge < -0.3 is 10.2 Å². The van der Waals surface area contributed by atoms with Crippen LogP contribution in [0.4, 0.5) is 0 Å². The second kappa shape index (κ2) is 5.61. The van der Waals surface area contributed by atoms with Gasteiger partial charge in [-0.25, -0.2) is 0 Å². The van der Waals surface area contributed by atoms with Gasteiger partial charge >= 0.3 is 5.97 Å². The zero-order chi connectivity index (χ0) is 14.0. The fraction of sp³-hybridized carbons (Fsp3) is 0.533. The molecule has 1 fully saturated rings. The number of carboxylic acid groups (broad SMARTS) is 1. The first-order chi connectivity index (χ1) is 9.02. The standard InChI is InChI=1S/C15H21NO3/c1-3-14(11-4-6-13(17)7-5-11)16-8-12(9-16)10(2)15(18)19/h4-7,10,12,14,17H,3,8-9H2,1-2H3,(H,18,19). The maximum atomic E-state index is 10.9. The molecule has 0 amide bonds. The Morgan fingerprint density at radius 2 is 1.95 bits per heavy atom.